The van der Waals surface area contributed by atoms with Crippen molar-refractivity contribution in [2.45, 2.75) is 32.2 Å². The predicted octanol–water partition coefficient (Wildman–Crippen LogP) is 5.33. The average Bonchev–Trinajstić information content (AvgIpc) is 2.96. The SMILES string of the molecule is CCOc1cc(/C=N\NC(=O)[C@H](Cc2ccccc2)NC(=O)CCCOc2ccc(Cl)cc2Cl)ccc1OCC#N. The highest BCUT2D eigenvalue weighted by Crippen LogP contribution is 2.28. The normalized spacial score (nSPS) is 11.4. The molecule has 0 fully saturated rings. The second kappa shape index (κ2) is 16.8. The quantitative estimate of drug-likeness (QED) is 0.139. The van der Waals surface area contributed by atoms with Crippen LogP contribution in [0.15, 0.2) is 71.8 Å². The van der Waals surface area contributed by atoms with Crippen molar-refractivity contribution in [2.24, 2.45) is 5.10 Å². The second-order valence-electron chi connectivity index (χ2n) is 8.66. The summed E-state index contributed by atoms with van der Waals surface area (Å²) in [6, 6.07) is 20.4. The lowest BCUT2D eigenvalue weighted by atomic mass is 10.1. The fourth-order valence-corrected chi connectivity index (χ4v) is 4.15. The van der Waals surface area contributed by atoms with E-state index in [1.165, 1.54) is 6.21 Å². The number of nitriles is 1. The van der Waals surface area contributed by atoms with Crippen LogP contribution in [0.2, 0.25) is 10.0 Å². The van der Waals surface area contributed by atoms with Crippen molar-refractivity contribution in [1.29, 1.82) is 5.26 Å². The lowest BCUT2D eigenvalue weighted by Crippen LogP contribution is -2.46. The molecule has 0 unspecified atom stereocenters. The minimum absolute atomic E-state index is 0.109. The first-order chi connectivity index (χ1) is 19.9. The molecule has 11 heteroatoms. The maximum Gasteiger partial charge on any atom is 0.262 e. The van der Waals surface area contributed by atoms with E-state index < -0.39 is 11.9 Å². The van der Waals surface area contributed by atoms with Gasteiger partial charge >= 0.3 is 0 Å². The van der Waals surface area contributed by atoms with Crippen LogP contribution in [0, 0.1) is 11.3 Å². The van der Waals surface area contributed by atoms with Crippen molar-refractivity contribution >= 4 is 41.2 Å². The maximum atomic E-state index is 13.0. The molecule has 0 aliphatic heterocycles. The van der Waals surface area contributed by atoms with Gasteiger partial charge in [0.25, 0.3) is 5.91 Å². The number of benzene rings is 3. The third-order valence-electron chi connectivity index (χ3n) is 5.58. The summed E-state index contributed by atoms with van der Waals surface area (Å²) in [5.74, 6) is 0.594. The van der Waals surface area contributed by atoms with E-state index in [2.05, 4.69) is 15.8 Å². The van der Waals surface area contributed by atoms with E-state index in [0.717, 1.165) is 5.56 Å². The van der Waals surface area contributed by atoms with Crippen LogP contribution in [0.5, 0.6) is 17.2 Å². The molecule has 214 valence electrons. The van der Waals surface area contributed by atoms with Gasteiger partial charge in [-0.1, -0.05) is 53.5 Å². The fraction of sp³-hybridized carbons (Fsp3) is 0.267. The zero-order valence-corrected chi connectivity index (χ0v) is 24.0. The molecule has 3 aromatic carbocycles. The molecule has 0 saturated carbocycles. The molecule has 3 rings (SSSR count). The Bertz CT molecular complexity index is 1380. The Hall–Kier alpha value is -4.26. The zero-order chi connectivity index (χ0) is 29.5. The molecule has 2 N–H and O–H groups in total. The van der Waals surface area contributed by atoms with E-state index in [1.807, 2.05) is 43.3 Å². The summed E-state index contributed by atoms with van der Waals surface area (Å²) >= 11 is 12.0. The van der Waals surface area contributed by atoms with E-state index in [-0.39, 0.29) is 32.0 Å². The van der Waals surface area contributed by atoms with Gasteiger partial charge in [-0.2, -0.15) is 10.4 Å². The minimum Gasteiger partial charge on any atom is -0.492 e. The summed E-state index contributed by atoms with van der Waals surface area (Å²) in [5.41, 5.74) is 4.03. The summed E-state index contributed by atoms with van der Waals surface area (Å²) in [4.78, 5) is 25.7. The second-order valence-corrected chi connectivity index (χ2v) is 9.50. The number of rotatable bonds is 15. The van der Waals surface area contributed by atoms with Gasteiger partial charge in [0, 0.05) is 17.9 Å². The molecule has 9 nitrogen and oxygen atoms in total. The van der Waals surface area contributed by atoms with Crippen molar-refractivity contribution in [1.82, 2.24) is 10.7 Å². The fourth-order valence-electron chi connectivity index (χ4n) is 3.68. The Kier molecular flexibility index (Phi) is 12.8. The topological polar surface area (TPSA) is 122 Å². The number of nitrogens with zero attached hydrogens (tertiary/aromatic N) is 2. The number of hydrogen-bond acceptors (Lipinski definition) is 7. The van der Waals surface area contributed by atoms with E-state index in [0.29, 0.717) is 45.9 Å². The van der Waals surface area contributed by atoms with Crippen molar-refractivity contribution in [2.75, 3.05) is 19.8 Å². The number of amides is 2. The number of hydrazone groups is 1. The summed E-state index contributed by atoms with van der Waals surface area (Å²) in [6.45, 7) is 2.39. The molecule has 2 amide bonds. The summed E-state index contributed by atoms with van der Waals surface area (Å²) in [5, 5.41) is 16.5. The lowest BCUT2D eigenvalue weighted by molar-refractivity contribution is -0.129. The van der Waals surface area contributed by atoms with Crippen molar-refractivity contribution in [3.05, 3.63) is 87.9 Å². The van der Waals surface area contributed by atoms with Crippen LogP contribution in [-0.2, 0) is 16.0 Å². The molecule has 0 heterocycles. The molecule has 41 heavy (non-hydrogen) atoms. The third kappa shape index (κ3) is 10.7. The van der Waals surface area contributed by atoms with Crippen LogP contribution in [-0.4, -0.2) is 43.9 Å². The van der Waals surface area contributed by atoms with Gasteiger partial charge in [0.1, 0.15) is 17.9 Å². The van der Waals surface area contributed by atoms with Crippen LogP contribution in [0.1, 0.15) is 30.9 Å². The van der Waals surface area contributed by atoms with Gasteiger partial charge in [0.15, 0.2) is 18.1 Å². The summed E-state index contributed by atoms with van der Waals surface area (Å²) in [6.07, 6.45) is 2.30. The lowest BCUT2D eigenvalue weighted by Gasteiger charge is -2.17. The molecule has 0 aromatic heterocycles. The molecule has 0 spiro atoms. The molecular formula is C30H30Cl2N4O5. The van der Waals surface area contributed by atoms with Gasteiger partial charge in [0.05, 0.1) is 24.5 Å². The molecule has 0 radical (unpaired) electrons. The highest BCUT2D eigenvalue weighted by molar-refractivity contribution is 6.35. The Morgan fingerprint density at radius 3 is 2.51 bits per heavy atom. The Morgan fingerprint density at radius 1 is 1.00 bits per heavy atom. The molecule has 0 aliphatic carbocycles. The first kappa shape index (κ1) is 31.3. The number of halogens is 2. The first-order valence-electron chi connectivity index (χ1n) is 12.9. The highest BCUT2D eigenvalue weighted by Gasteiger charge is 2.21. The molecule has 3 aromatic rings. The highest BCUT2D eigenvalue weighted by atomic mass is 35.5. The number of ether oxygens (including phenoxy) is 3. The smallest absolute Gasteiger partial charge is 0.262 e. The third-order valence-corrected chi connectivity index (χ3v) is 6.11. The van der Waals surface area contributed by atoms with Crippen LogP contribution in [0.4, 0.5) is 0 Å². The summed E-state index contributed by atoms with van der Waals surface area (Å²) in [7, 11) is 0. The first-order valence-corrected chi connectivity index (χ1v) is 13.7. The Labute approximate surface area is 249 Å². The number of carbonyl (C=O) groups is 2. The van der Waals surface area contributed by atoms with E-state index in [4.69, 9.17) is 42.7 Å². The largest absolute Gasteiger partial charge is 0.492 e. The van der Waals surface area contributed by atoms with Gasteiger partial charge in [-0.25, -0.2) is 5.43 Å². The van der Waals surface area contributed by atoms with Crippen molar-refractivity contribution < 1.29 is 23.8 Å². The van der Waals surface area contributed by atoms with Gasteiger partial charge in [-0.3, -0.25) is 9.59 Å². The van der Waals surface area contributed by atoms with Crippen LogP contribution in [0.3, 0.4) is 0 Å². The van der Waals surface area contributed by atoms with Gasteiger partial charge in [-0.15, -0.1) is 0 Å². The monoisotopic (exact) mass is 596 g/mol. The maximum absolute atomic E-state index is 13.0. The Morgan fingerprint density at radius 2 is 1.78 bits per heavy atom. The van der Waals surface area contributed by atoms with Gasteiger partial charge in [0.2, 0.25) is 5.91 Å². The van der Waals surface area contributed by atoms with Crippen LogP contribution in [0.25, 0.3) is 0 Å². The Balaban J connectivity index is 1.58. The van der Waals surface area contributed by atoms with E-state index >= 15 is 0 Å². The molecule has 0 bridgehead atoms. The van der Waals surface area contributed by atoms with Crippen LogP contribution < -0.4 is 25.0 Å². The number of carbonyl (C=O) groups excluding carboxylic acids is 2. The number of hydrogen-bond donors (Lipinski definition) is 2. The zero-order valence-electron chi connectivity index (χ0n) is 22.4. The predicted molar refractivity (Wildman–Crippen MR) is 158 cm³/mol. The minimum atomic E-state index is -0.852. The van der Waals surface area contributed by atoms with Crippen LogP contribution >= 0.6 is 23.2 Å². The van der Waals surface area contributed by atoms with Crippen molar-refractivity contribution in [3.8, 4) is 23.3 Å². The molecular weight excluding hydrogens is 567 g/mol. The molecule has 0 aliphatic rings. The molecule has 0 saturated heterocycles. The van der Waals surface area contributed by atoms with Gasteiger partial charge < -0.3 is 19.5 Å². The molecule has 1 atom stereocenters. The van der Waals surface area contributed by atoms with E-state index in [9.17, 15) is 9.59 Å². The van der Waals surface area contributed by atoms with Crippen molar-refractivity contribution in [3.63, 3.8) is 0 Å². The van der Waals surface area contributed by atoms with E-state index in [1.54, 1.807) is 36.4 Å². The van der Waals surface area contributed by atoms with Gasteiger partial charge in [-0.05, 0) is 60.9 Å². The standard InChI is InChI=1S/C30H30Cl2N4O5/c1-2-39-28-18-22(10-12-27(28)41-16-14-33)20-34-36-30(38)25(17-21-7-4-3-5-8-21)35-29(37)9-6-15-40-26-13-11-23(31)19-24(26)32/h3-5,7-8,10-13,18-20,25H,2,6,9,15-17H2,1H3,(H,35,37)(H,36,38)/b34-20-/t25-/m0/s1. The summed E-state index contributed by atoms with van der Waals surface area (Å²) < 4.78 is 16.6. The average molecular weight is 597 g/mol. The number of nitrogens with one attached hydrogen (secondary N) is 2.